The zero-order chi connectivity index (χ0) is 22.4. The third kappa shape index (κ3) is 5.84. The van der Waals surface area contributed by atoms with Gasteiger partial charge in [-0.05, 0) is 48.2 Å². The zero-order valence-electron chi connectivity index (χ0n) is 18.2. The van der Waals surface area contributed by atoms with Crippen LogP contribution in [-0.2, 0) is 14.8 Å². The number of amides is 1. The molecule has 1 atom stereocenters. The fourth-order valence-corrected chi connectivity index (χ4v) is 5.02. The predicted octanol–water partition coefficient (Wildman–Crippen LogP) is 3.23. The number of carbonyl (C=O) groups is 1. The lowest BCUT2D eigenvalue weighted by Crippen LogP contribution is -2.40. The summed E-state index contributed by atoms with van der Waals surface area (Å²) in [5, 5.41) is 3.07. The van der Waals surface area contributed by atoms with E-state index in [-0.39, 0.29) is 16.8 Å². The Morgan fingerprint density at radius 2 is 1.81 bits per heavy atom. The summed E-state index contributed by atoms with van der Waals surface area (Å²) in [7, 11) is -2.05. The van der Waals surface area contributed by atoms with Crippen LogP contribution in [0, 0.1) is 5.92 Å². The van der Waals surface area contributed by atoms with E-state index in [1.807, 2.05) is 24.3 Å². The molecule has 2 aromatic carbocycles. The van der Waals surface area contributed by atoms with E-state index in [1.165, 1.54) is 16.4 Å². The minimum Gasteiger partial charge on any atom is -0.497 e. The molecule has 0 radical (unpaired) electrons. The molecule has 1 aliphatic rings. The van der Waals surface area contributed by atoms with Crippen molar-refractivity contribution in [1.82, 2.24) is 9.62 Å². The second-order valence-electron chi connectivity index (χ2n) is 7.97. The average molecular weight is 447 g/mol. The van der Waals surface area contributed by atoms with Crippen LogP contribution in [0.2, 0.25) is 0 Å². The van der Waals surface area contributed by atoms with E-state index >= 15 is 0 Å². The van der Waals surface area contributed by atoms with Crippen LogP contribution in [-0.4, -0.2) is 52.0 Å². The van der Waals surface area contributed by atoms with Gasteiger partial charge < -0.3 is 14.8 Å². The lowest BCUT2D eigenvalue weighted by molar-refractivity contribution is 0.0730. The Morgan fingerprint density at radius 3 is 2.42 bits per heavy atom. The molecule has 1 fully saturated rings. The van der Waals surface area contributed by atoms with Gasteiger partial charge >= 0.3 is 0 Å². The molecule has 0 bridgehead atoms. The van der Waals surface area contributed by atoms with Gasteiger partial charge in [0, 0.05) is 18.7 Å². The molecule has 1 amide bonds. The van der Waals surface area contributed by atoms with E-state index in [9.17, 15) is 13.2 Å². The van der Waals surface area contributed by atoms with E-state index < -0.39 is 10.0 Å². The molecule has 168 valence electrons. The minimum absolute atomic E-state index is 0.118. The first-order valence-electron chi connectivity index (χ1n) is 10.4. The number of ether oxygens (including phenoxy) is 2. The summed E-state index contributed by atoms with van der Waals surface area (Å²) < 4.78 is 37.7. The van der Waals surface area contributed by atoms with Crippen molar-refractivity contribution in [1.29, 1.82) is 0 Å². The number of benzene rings is 2. The maximum Gasteiger partial charge on any atom is 0.251 e. The molecule has 7 nitrogen and oxygen atoms in total. The largest absolute Gasteiger partial charge is 0.497 e. The van der Waals surface area contributed by atoms with Crippen molar-refractivity contribution in [2.45, 2.75) is 31.2 Å². The number of nitrogens with zero attached hydrogens (tertiary/aromatic N) is 1. The number of nitrogens with one attached hydrogen (secondary N) is 1. The van der Waals surface area contributed by atoms with E-state index in [4.69, 9.17) is 9.47 Å². The Balaban J connectivity index is 1.81. The Kier molecular flexibility index (Phi) is 7.69. The smallest absolute Gasteiger partial charge is 0.251 e. The molecular weight excluding hydrogens is 416 g/mol. The van der Waals surface area contributed by atoms with Crippen LogP contribution in [0.15, 0.2) is 53.4 Å². The highest BCUT2D eigenvalue weighted by molar-refractivity contribution is 7.89. The van der Waals surface area contributed by atoms with E-state index in [1.54, 1.807) is 19.2 Å². The SMILES string of the molecule is COc1ccc([C@H](CC(C)C)NC(=O)c2cccc(S(=O)(=O)N3CCOCC3)c2)cc1. The Morgan fingerprint density at radius 1 is 1.13 bits per heavy atom. The Labute approximate surface area is 184 Å². The maximum atomic E-state index is 13.0. The molecule has 1 N–H and O–H groups in total. The number of morpholine rings is 1. The second-order valence-corrected chi connectivity index (χ2v) is 9.91. The molecular formula is C23H30N2O5S. The standard InChI is InChI=1S/C23H30N2O5S/c1-17(2)15-22(18-7-9-20(29-3)10-8-18)24-23(26)19-5-4-6-21(16-19)31(27,28)25-11-13-30-14-12-25/h4-10,16-17,22H,11-15H2,1-3H3,(H,24,26)/t22-/m0/s1. The molecule has 8 heteroatoms. The summed E-state index contributed by atoms with van der Waals surface area (Å²) in [6, 6.07) is 13.6. The lowest BCUT2D eigenvalue weighted by Gasteiger charge is -2.26. The molecule has 1 aliphatic heterocycles. The van der Waals surface area contributed by atoms with Gasteiger partial charge in [0.05, 0.1) is 31.3 Å². The van der Waals surface area contributed by atoms with Crippen molar-refractivity contribution in [3.63, 3.8) is 0 Å². The molecule has 31 heavy (non-hydrogen) atoms. The third-order valence-corrected chi connectivity index (χ3v) is 7.13. The summed E-state index contributed by atoms with van der Waals surface area (Å²) in [5.41, 5.74) is 1.29. The summed E-state index contributed by atoms with van der Waals surface area (Å²) in [4.78, 5) is 13.1. The van der Waals surface area contributed by atoms with Gasteiger partial charge in [-0.25, -0.2) is 8.42 Å². The van der Waals surface area contributed by atoms with Gasteiger partial charge in [-0.15, -0.1) is 0 Å². The molecule has 0 unspecified atom stereocenters. The first-order chi connectivity index (χ1) is 14.8. The molecule has 3 rings (SSSR count). The summed E-state index contributed by atoms with van der Waals surface area (Å²) in [5.74, 6) is 0.806. The van der Waals surface area contributed by atoms with Crippen LogP contribution in [0.1, 0.15) is 42.2 Å². The Hall–Kier alpha value is -2.42. The Bertz CT molecular complexity index is 983. The van der Waals surface area contributed by atoms with Gasteiger partial charge in [0.2, 0.25) is 10.0 Å². The van der Waals surface area contributed by atoms with Crippen LogP contribution in [0.4, 0.5) is 0 Å². The first-order valence-corrected chi connectivity index (χ1v) is 11.9. The predicted molar refractivity (Wildman–Crippen MR) is 119 cm³/mol. The second kappa shape index (κ2) is 10.3. The van der Waals surface area contributed by atoms with Gasteiger partial charge in [-0.3, -0.25) is 4.79 Å². The number of sulfonamides is 1. The highest BCUT2D eigenvalue weighted by Gasteiger charge is 2.27. The van der Waals surface area contributed by atoms with Crippen molar-refractivity contribution < 1.29 is 22.7 Å². The molecule has 0 aromatic heterocycles. The van der Waals surface area contributed by atoms with Gasteiger partial charge in [0.1, 0.15) is 5.75 Å². The van der Waals surface area contributed by atoms with Gasteiger partial charge in [0.25, 0.3) is 5.91 Å². The lowest BCUT2D eigenvalue weighted by atomic mass is 9.96. The summed E-state index contributed by atoms with van der Waals surface area (Å²) in [6.07, 6.45) is 0.754. The van der Waals surface area contributed by atoms with Crippen LogP contribution < -0.4 is 10.1 Å². The fourth-order valence-electron chi connectivity index (χ4n) is 3.56. The minimum atomic E-state index is -3.67. The monoisotopic (exact) mass is 446 g/mol. The number of methoxy groups -OCH3 is 1. The van der Waals surface area contributed by atoms with Crippen LogP contribution in [0.3, 0.4) is 0 Å². The maximum absolute atomic E-state index is 13.0. The molecule has 0 aliphatic carbocycles. The van der Waals surface area contributed by atoms with Crippen molar-refractivity contribution >= 4 is 15.9 Å². The summed E-state index contributed by atoms with van der Waals surface area (Å²) in [6.45, 7) is 5.56. The van der Waals surface area contributed by atoms with Gasteiger partial charge in [-0.1, -0.05) is 32.0 Å². The fraction of sp³-hybridized carbons (Fsp3) is 0.435. The number of hydrogen-bond acceptors (Lipinski definition) is 5. The molecule has 1 saturated heterocycles. The normalized spacial score (nSPS) is 16.1. The average Bonchev–Trinajstić information content (AvgIpc) is 2.79. The number of hydrogen-bond donors (Lipinski definition) is 1. The van der Waals surface area contributed by atoms with Crippen LogP contribution in [0.5, 0.6) is 5.75 Å². The van der Waals surface area contributed by atoms with E-state index in [0.717, 1.165) is 17.7 Å². The van der Waals surface area contributed by atoms with Crippen LogP contribution >= 0.6 is 0 Å². The van der Waals surface area contributed by atoms with Crippen LogP contribution in [0.25, 0.3) is 0 Å². The van der Waals surface area contributed by atoms with Gasteiger partial charge in [0.15, 0.2) is 0 Å². The van der Waals surface area contributed by atoms with Crippen molar-refractivity contribution in [3.05, 3.63) is 59.7 Å². The van der Waals surface area contributed by atoms with Crippen molar-refractivity contribution in [3.8, 4) is 5.75 Å². The first kappa shape index (κ1) is 23.2. The highest BCUT2D eigenvalue weighted by Crippen LogP contribution is 2.25. The quantitative estimate of drug-likeness (QED) is 0.673. The van der Waals surface area contributed by atoms with E-state index in [2.05, 4.69) is 19.2 Å². The van der Waals surface area contributed by atoms with E-state index in [0.29, 0.717) is 37.8 Å². The summed E-state index contributed by atoms with van der Waals surface area (Å²) >= 11 is 0. The van der Waals surface area contributed by atoms with Gasteiger partial charge in [-0.2, -0.15) is 4.31 Å². The molecule has 2 aromatic rings. The zero-order valence-corrected chi connectivity index (χ0v) is 19.0. The highest BCUT2D eigenvalue weighted by atomic mass is 32.2. The number of carbonyl (C=O) groups excluding carboxylic acids is 1. The number of rotatable bonds is 8. The molecule has 0 saturated carbocycles. The topological polar surface area (TPSA) is 84.9 Å². The van der Waals surface area contributed by atoms with Crippen molar-refractivity contribution in [2.75, 3.05) is 33.4 Å². The van der Waals surface area contributed by atoms with Crippen molar-refractivity contribution in [2.24, 2.45) is 5.92 Å². The molecule has 1 heterocycles. The third-order valence-electron chi connectivity index (χ3n) is 5.23. The molecule has 0 spiro atoms.